The molecule has 3 aromatic rings. The Labute approximate surface area is 216 Å². The maximum atomic E-state index is 13.1. The molecule has 2 aromatic carbocycles. The number of amides is 1. The second kappa shape index (κ2) is 10.0. The topological polar surface area (TPSA) is 82.9 Å². The fourth-order valence-corrected chi connectivity index (χ4v) is 4.82. The number of methoxy groups -OCH3 is 1. The molecule has 11 heteroatoms. The summed E-state index contributed by atoms with van der Waals surface area (Å²) in [5, 5.41) is 0. The molecule has 0 radical (unpaired) electrons. The van der Waals surface area contributed by atoms with Gasteiger partial charge in [0.05, 0.1) is 25.1 Å². The maximum Gasteiger partial charge on any atom is 0.491 e. The maximum absolute atomic E-state index is 13.1. The van der Waals surface area contributed by atoms with E-state index in [4.69, 9.17) is 9.47 Å². The van der Waals surface area contributed by atoms with Crippen LogP contribution in [0.2, 0.25) is 0 Å². The number of alkyl halides is 3. The van der Waals surface area contributed by atoms with E-state index < -0.39 is 18.2 Å². The predicted molar refractivity (Wildman–Crippen MR) is 130 cm³/mol. The molecule has 1 aromatic heterocycles. The number of likely N-dealkylation sites (tertiary alicyclic amines) is 1. The molecule has 1 amide bonds. The van der Waals surface area contributed by atoms with Gasteiger partial charge in [-0.2, -0.15) is 18.2 Å². The third kappa shape index (κ3) is 5.05. The van der Waals surface area contributed by atoms with Crippen LogP contribution in [-0.4, -0.2) is 59.3 Å². The summed E-state index contributed by atoms with van der Waals surface area (Å²) in [6.45, 7) is 3.18. The number of rotatable bonds is 7. The molecule has 38 heavy (non-hydrogen) atoms. The summed E-state index contributed by atoms with van der Waals surface area (Å²) in [5.74, 6) is -1.23. The van der Waals surface area contributed by atoms with Gasteiger partial charge in [0, 0.05) is 30.8 Å². The van der Waals surface area contributed by atoms with Crippen molar-refractivity contribution in [3.05, 3.63) is 65.0 Å². The van der Waals surface area contributed by atoms with Gasteiger partial charge in [0.2, 0.25) is 0 Å². The second-order valence-electron chi connectivity index (χ2n) is 9.44. The van der Waals surface area contributed by atoms with E-state index in [0.29, 0.717) is 31.0 Å². The molecular formula is C27H26F3N3O5. The number of aromatic nitrogens is 2. The van der Waals surface area contributed by atoms with Gasteiger partial charge in [-0.1, -0.05) is 12.1 Å². The highest BCUT2D eigenvalue weighted by Crippen LogP contribution is 2.33. The van der Waals surface area contributed by atoms with Gasteiger partial charge >= 0.3 is 18.2 Å². The molecule has 0 atom stereocenters. The lowest BCUT2D eigenvalue weighted by molar-refractivity contribution is -0.190. The summed E-state index contributed by atoms with van der Waals surface area (Å²) in [5.41, 5.74) is 3.58. The van der Waals surface area contributed by atoms with Gasteiger partial charge in [-0.3, -0.25) is 9.36 Å². The molecule has 1 aliphatic heterocycles. The molecule has 0 N–H and O–H groups in total. The van der Waals surface area contributed by atoms with Crippen LogP contribution in [0.4, 0.5) is 13.2 Å². The van der Waals surface area contributed by atoms with E-state index in [-0.39, 0.29) is 23.3 Å². The van der Waals surface area contributed by atoms with Crippen LogP contribution in [0.25, 0.3) is 5.69 Å². The second-order valence-corrected chi connectivity index (χ2v) is 9.44. The van der Waals surface area contributed by atoms with Crippen LogP contribution in [0.1, 0.15) is 33.6 Å². The molecule has 2 heterocycles. The van der Waals surface area contributed by atoms with Gasteiger partial charge in [-0.15, -0.1) is 0 Å². The number of benzene rings is 2. The first-order chi connectivity index (χ1) is 18.1. The van der Waals surface area contributed by atoms with Gasteiger partial charge in [-0.25, -0.2) is 4.79 Å². The third-order valence-electron chi connectivity index (χ3n) is 6.72. The Morgan fingerprint density at radius 1 is 1.11 bits per heavy atom. The first-order valence-electron chi connectivity index (χ1n) is 12.2. The van der Waals surface area contributed by atoms with Gasteiger partial charge in [0.25, 0.3) is 5.91 Å². The lowest BCUT2D eigenvalue weighted by Crippen LogP contribution is -2.52. The Kier molecular flexibility index (Phi) is 6.77. The fourth-order valence-electron chi connectivity index (χ4n) is 4.82. The number of carbonyl (C=O) groups is 2. The first kappa shape index (κ1) is 25.6. The van der Waals surface area contributed by atoms with Crippen molar-refractivity contribution in [2.45, 2.75) is 32.4 Å². The van der Waals surface area contributed by atoms with E-state index in [0.717, 1.165) is 25.0 Å². The Morgan fingerprint density at radius 2 is 1.89 bits per heavy atom. The van der Waals surface area contributed by atoms with Crippen molar-refractivity contribution < 1.29 is 37.0 Å². The van der Waals surface area contributed by atoms with Crippen molar-refractivity contribution in [3.63, 3.8) is 0 Å². The Morgan fingerprint density at radius 3 is 2.63 bits per heavy atom. The largest absolute Gasteiger partial charge is 0.495 e. The smallest absolute Gasteiger partial charge is 0.491 e. The molecule has 200 valence electrons. The van der Waals surface area contributed by atoms with Crippen molar-refractivity contribution in [3.8, 4) is 23.2 Å². The number of imidazole rings is 1. The summed E-state index contributed by atoms with van der Waals surface area (Å²) in [7, 11) is 1.37. The normalized spacial score (nSPS) is 15.1. The van der Waals surface area contributed by atoms with Gasteiger partial charge in [0.15, 0.2) is 0 Å². The standard InChI is InChI=1S/C27H26F3N3O5/c1-16-12-33(26(31-16)38-25(35)27(28,29)30)21-10-9-19(11-23(21)36-2)24(34)32-13-17(14-32)15-37-22-8-4-6-18-5-3-7-20(18)22/h4,6,8-12,17H,3,5,7,13-15H2,1-2H3. The molecule has 0 spiro atoms. The summed E-state index contributed by atoms with van der Waals surface area (Å²) < 4.78 is 55.2. The number of ether oxygens (including phenoxy) is 3. The lowest BCUT2D eigenvalue weighted by Gasteiger charge is -2.39. The van der Waals surface area contributed by atoms with Crippen LogP contribution in [0.5, 0.6) is 17.5 Å². The van der Waals surface area contributed by atoms with Crippen LogP contribution < -0.4 is 14.2 Å². The van der Waals surface area contributed by atoms with E-state index in [1.807, 2.05) is 12.1 Å². The van der Waals surface area contributed by atoms with Crippen LogP contribution in [0.15, 0.2) is 42.6 Å². The quantitative estimate of drug-likeness (QED) is 0.425. The fraction of sp³-hybridized carbons (Fsp3) is 0.370. The number of esters is 1. The molecule has 0 bridgehead atoms. The van der Waals surface area contributed by atoms with Crippen LogP contribution in [0, 0.1) is 12.8 Å². The Bertz CT molecular complexity index is 1380. The van der Waals surface area contributed by atoms with Crippen molar-refractivity contribution in [1.29, 1.82) is 0 Å². The van der Waals surface area contributed by atoms with Crippen molar-refractivity contribution >= 4 is 11.9 Å². The lowest BCUT2D eigenvalue weighted by atomic mass is 9.99. The average molecular weight is 530 g/mol. The monoisotopic (exact) mass is 529 g/mol. The van der Waals surface area contributed by atoms with E-state index >= 15 is 0 Å². The number of hydrogen-bond donors (Lipinski definition) is 0. The minimum Gasteiger partial charge on any atom is -0.495 e. The SMILES string of the molecule is COc1cc(C(=O)N2CC(COc3cccc4c3CCC4)C2)ccc1-n1cc(C)nc1OC(=O)C(F)(F)F. The zero-order valence-corrected chi connectivity index (χ0v) is 20.9. The summed E-state index contributed by atoms with van der Waals surface area (Å²) in [4.78, 5) is 30.0. The van der Waals surface area contributed by atoms with E-state index in [1.165, 1.54) is 41.1 Å². The number of nitrogens with zero attached hydrogens (tertiary/aromatic N) is 3. The van der Waals surface area contributed by atoms with Crippen molar-refractivity contribution in [1.82, 2.24) is 14.5 Å². The van der Waals surface area contributed by atoms with E-state index in [2.05, 4.69) is 15.8 Å². The number of hydrogen-bond acceptors (Lipinski definition) is 6. The number of halogens is 3. The van der Waals surface area contributed by atoms with Gasteiger partial charge in [0.1, 0.15) is 11.5 Å². The highest BCUT2D eigenvalue weighted by molar-refractivity contribution is 5.95. The van der Waals surface area contributed by atoms with Crippen LogP contribution in [-0.2, 0) is 17.6 Å². The molecule has 1 aliphatic carbocycles. The summed E-state index contributed by atoms with van der Waals surface area (Å²) in [6.07, 6.45) is -0.513. The minimum atomic E-state index is -5.17. The number of carbonyl (C=O) groups excluding carboxylic acids is 2. The van der Waals surface area contributed by atoms with Crippen LogP contribution >= 0.6 is 0 Å². The number of fused-ring (bicyclic) bond motifs is 1. The average Bonchev–Trinajstić information content (AvgIpc) is 3.48. The summed E-state index contributed by atoms with van der Waals surface area (Å²) >= 11 is 0. The highest BCUT2D eigenvalue weighted by atomic mass is 19.4. The molecule has 0 saturated carbocycles. The molecule has 8 nitrogen and oxygen atoms in total. The zero-order valence-electron chi connectivity index (χ0n) is 20.9. The third-order valence-corrected chi connectivity index (χ3v) is 6.72. The predicted octanol–water partition coefficient (Wildman–Crippen LogP) is 4.30. The molecular weight excluding hydrogens is 503 g/mol. The molecule has 0 unspecified atom stereocenters. The Balaban J connectivity index is 1.24. The molecule has 1 fully saturated rings. The molecule has 1 saturated heterocycles. The molecule has 5 rings (SSSR count). The van der Waals surface area contributed by atoms with Gasteiger partial charge < -0.3 is 19.1 Å². The van der Waals surface area contributed by atoms with E-state index in [9.17, 15) is 22.8 Å². The molecule has 2 aliphatic rings. The zero-order chi connectivity index (χ0) is 27.0. The van der Waals surface area contributed by atoms with Crippen molar-refractivity contribution in [2.24, 2.45) is 5.92 Å². The van der Waals surface area contributed by atoms with Crippen molar-refractivity contribution in [2.75, 3.05) is 26.8 Å². The van der Waals surface area contributed by atoms with Crippen LogP contribution in [0.3, 0.4) is 0 Å². The Hall–Kier alpha value is -4.02. The first-order valence-corrected chi connectivity index (χ1v) is 12.2. The van der Waals surface area contributed by atoms with E-state index in [1.54, 1.807) is 17.9 Å². The summed E-state index contributed by atoms with van der Waals surface area (Å²) in [6, 6.07) is 10.1. The highest BCUT2D eigenvalue weighted by Gasteiger charge is 2.42. The van der Waals surface area contributed by atoms with Gasteiger partial charge in [-0.05, 0) is 61.6 Å². The number of aryl methyl sites for hydroxylation is 2. The minimum absolute atomic E-state index is 0.197.